The van der Waals surface area contributed by atoms with Crippen molar-refractivity contribution in [2.24, 2.45) is 0 Å². The van der Waals surface area contributed by atoms with Crippen LogP contribution < -0.4 is 10.2 Å². The number of rotatable bonds is 6. The van der Waals surface area contributed by atoms with Crippen LogP contribution in [-0.4, -0.2) is 47.7 Å². The Morgan fingerprint density at radius 1 is 1.11 bits per heavy atom. The molecular formula is C26H27ClF3N3O3. The summed E-state index contributed by atoms with van der Waals surface area (Å²) in [6, 6.07) is 9.05. The van der Waals surface area contributed by atoms with Crippen LogP contribution in [0.25, 0.3) is 0 Å². The Balaban J connectivity index is 1.76. The number of nitrogens with zero attached hydrogens (tertiary/aromatic N) is 2. The molecule has 2 unspecified atom stereocenters. The van der Waals surface area contributed by atoms with E-state index in [1.807, 2.05) is 0 Å². The summed E-state index contributed by atoms with van der Waals surface area (Å²) in [6.45, 7) is 0. The first-order valence-corrected chi connectivity index (χ1v) is 12.2. The minimum absolute atomic E-state index is 0.0851. The first-order valence-electron chi connectivity index (χ1n) is 11.8. The van der Waals surface area contributed by atoms with Crippen LogP contribution in [0.1, 0.15) is 50.1 Å². The van der Waals surface area contributed by atoms with Gasteiger partial charge in [0.25, 0.3) is 5.91 Å². The zero-order valence-corrected chi connectivity index (χ0v) is 20.5. The van der Waals surface area contributed by atoms with Crippen LogP contribution >= 0.6 is 11.6 Å². The van der Waals surface area contributed by atoms with Gasteiger partial charge in [0.2, 0.25) is 17.7 Å². The van der Waals surface area contributed by atoms with Crippen molar-refractivity contribution in [1.82, 2.24) is 10.2 Å². The molecule has 0 aromatic heterocycles. The summed E-state index contributed by atoms with van der Waals surface area (Å²) in [6.07, 6.45) is -0.117. The highest BCUT2D eigenvalue weighted by atomic mass is 35.5. The molecule has 1 saturated heterocycles. The molecule has 0 radical (unpaired) electrons. The van der Waals surface area contributed by atoms with E-state index in [1.54, 1.807) is 24.3 Å². The van der Waals surface area contributed by atoms with E-state index in [0.717, 1.165) is 11.0 Å². The second-order valence-corrected chi connectivity index (χ2v) is 9.72. The van der Waals surface area contributed by atoms with Crippen LogP contribution in [0.15, 0.2) is 48.5 Å². The van der Waals surface area contributed by atoms with E-state index >= 15 is 0 Å². The number of carbonyl (C=O) groups is 3. The summed E-state index contributed by atoms with van der Waals surface area (Å²) in [4.78, 5) is 42.3. The molecule has 0 spiro atoms. The molecule has 1 saturated carbocycles. The monoisotopic (exact) mass is 521 g/mol. The number of halogens is 4. The fraction of sp³-hybridized carbons (Fsp3) is 0.423. The van der Waals surface area contributed by atoms with Crippen molar-refractivity contribution in [3.8, 4) is 0 Å². The van der Waals surface area contributed by atoms with Gasteiger partial charge in [0.1, 0.15) is 17.9 Å². The number of likely N-dealkylation sites (tertiary alicyclic amines) is 1. The number of likely N-dealkylation sites (N-methyl/N-ethyl adjacent to an activating group) is 1. The Morgan fingerprint density at radius 3 is 2.42 bits per heavy atom. The molecular weight excluding hydrogens is 495 g/mol. The topological polar surface area (TPSA) is 69.7 Å². The standard InChI is InChI=1S/C26H27ClF3N3O3/c1-32-21(9-10-22(32)34)25(36)33(18-6-4-5-16(28)15-18)23(19-7-2-3-8-20(19)27)24(35)31-17-11-13-26(29,30)14-12-17/h2-8,15,17,21,23H,9-14H2,1H3,(H,31,35). The van der Waals surface area contributed by atoms with Gasteiger partial charge in [-0.1, -0.05) is 35.9 Å². The van der Waals surface area contributed by atoms with Crippen molar-refractivity contribution in [3.63, 3.8) is 0 Å². The molecule has 1 aliphatic heterocycles. The largest absolute Gasteiger partial charge is 0.351 e. The van der Waals surface area contributed by atoms with Crippen LogP contribution in [0.2, 0.25) is 5.02 Å². The number of benzene rings is 2. The number of anilines is 1. The average molecular weight is 522 g/mol. The second-order valence-electron chi connectivity index (χ2n) is 9.31. The van der Waals surface area contributed by atoms with Crippen LogP contribution in [0.4, 0.5) is 18.9 Å². The molecule has 2 aromatic rings. The summed E-state index contributed by atoms with van der Waals surface area (Å²) in [5.74, 6) is -4.79. The fourth-order valence-corrected chi connectivity index (χ4v) is 5.08. The number of alkyl halides is 2. The third-order valence-electron chi connectivity index (χ3n) is 6.87. The first-order chi connectivity index (χ1) is 17.1. The Kier molecular flexibility index (Phi) is 7.59. The van der Waals surface area contributed by atoms with Crippen LogP contribution in [0.5, 0.6) is 0 Å². The number of hydrogen-bond donors (Lipinski definition) is 1. The molecule has 2 aromatic carbocycles. The SMILES string of the molecule is CN1C(=O)CCC1C(=O)N(c1cccc(F)c1)C(C(=O)NC1CCC(F)(F)CC1)c1ccccc1Cl. The van der Waals surface area contributed by atoms with E-state index in [1.165, 1.54) is 30.1 Å². The lowest BCUT2D eigenvalue weighted by atomic mass is 9.91. The Bertz CT molecular complexity index is 1150. The molecule has 2 aliphatic rings. The van der Waals surface area contributed by atoms with Crippen molar-refractivity contribution < 1.29 is 27.6 Å². The van der Waals surface area contributed by atoms with E-state index in [2.05, 4.69) is 5.32 Å². The molecule has 6 nitrogen and oxygen atoms in total. The number of amides is 3. The van der Waals surface area contributed by atoms with Gasteiger partial charge in [0, 0.05) is 48.6 Å². The Labute approximate surface area is 212 Å². The first kappa shape index (κ1) is 26.0. The zero-order valence-electron chi connectivity index (χ0n) is 19.7. The highest BCUT2D eigenvalue weighted by Crippen LogP contribution is 2.36. The molecule has 10 heteroatoms. The highest BCUT2D eigenvalue weighted by molar-refractivity contribution is 6.31. The van der Waals surface area contributed by atoms with Gasteiger partial charge >= 0.3 is 0 Å². The van der Waals surface area contributed by atoms with Crippen molar-refractivity contribution in [2.45, 2.75) is 62.6 Å². The lowest BCUT2D eigenvalue weighted by Crippen LogP contribution is -2.52. The molecule has 3 amide bonds. The van der Waals surface area contributed by atoms with Crippen LogP contribution in [-0.2, 0) is 14.4 Å². The van der Waals surface area contributed by atoms with Crippen LogP contribution in [0, 0.1) is 5.82 Å². The van der Waals surface area contributed by atoms with Crippen molar-refractivity contribution >= 4 is 35.0 Å². The van der Waals surface area contributed by atoms with Gasteiger partial charge in [-0.2, -0.15) is 0 Å². The lowest BCUT2D eigenvalue weighted by molar-refractivity contribution is -0.134. The second kappa shape index (κ2) is 10.5. The van der Waals surface area contributed by atoms with E-state index in [0.29, 0.717) is 5.56 Å². The highest BCUT2D eigenvalue weighted by Gasteiger charge is 2.43. The molecule has 192 valence electrons. The maximum atomic E-state index is 14.3. The fourth-order valence-electron chi connectivity index (χ4n) is 4.84. The number of hydrogen-bond acceptors (Lipinski definition) is 3. The average Bonchev–Trinajstić information content (AvgIpc) is 3.17. The number of nitrogens with one attached hydrogen (secondary N) is 1. The summed E-state index contributed by atoms with van der Waals surface area (Å²) >= 11 is 6.47. The van der Waals surface area contributed by atoms with Gasteiger partial charge in [-0.05, 0) is 43.5 Å². The van der Waals surface area contributed by atoms with E-state index < -0.39 is 41.7 Å². The van der Waals surface area contributed by atoms with Crippen molar-refractivity contribution in [2.75, 3.05) is 11.9 Å². The van der Waals surface area contributed by atoms with E-state index in [9.17, 15) is 27.6 Å². The maximum Gasteiger partial charge on any atom is 0.250 e. The molecule has 2 fully saturated rings. The van der Waals surface area contributed by atoms with Crippen molar-refractivity contribution in [1.29, 1.82) is 0 Å². The van der Waals surface area contributed by atoms with Gasteiger partial charge in [0.05, 0.1) is 0 Å². The Hall–Kier alpha value is -3.07. The Morgan fingerprint density at radius 2 is 1.81 bits per heavy atom. The quantitative estimate of drug-likeness (QED) is 0.590. The van der Waals surface area contributed by atoms with Gasteiger partial charge in [-0.25, -0.2) is 13.2 Å². The van der Waals surface area contributed by atoms with Gasteiger partial charge < -0.3 is 10.2 Å². The predicted molar refractivity (Wildman–Crippen MR) is 129 cm³/mol. The summed E-state index contributed by atoms with van der Waals surface area (Å²) in [7, 11) is 1.51. The lowest BCUT2D eigenvalue weighted by Gasteiger charge is -2.36. The maximum absolute atomic E-state index is 14.3. The normalized spacial score (nSPS) is 20.8. The summed E-state index contributed by atoms with van der Waals surface area (Å²) in [5, 5.41) is 3.02. The van der Waals surface area contributed by atoms with Gasteiger partial charge in [-0.15, -0.1) is 0 Å². The summed E-state index contributed by atoms with van der Waals surface area (Å²) in [5.41, 5.74) is 0.408. The minimum Gasteiger partial charge on any atom is -0.351 e. The van der Waals surface area contributed by atoms with Crippen LogP contribution in [0.3, 0.4) is 0 Å². The zero-order chi connectivity index (χ0) is 26.0. The third-order valence-corrected chi connectivity index (χ3v) is 7.22. The molecule has 1 N–H and O–H groups in total. The predicted octanol–water partition coefficient (Wildman–Crippen LogP) is 4.87. The number of carbonyl (C=O) groups excluding carboxylic acids is 3. The molecule has 36 heavy (non-hydrogen) atoms. The summed E-state index contributed by atoms with van der Waals surface area (Å²) < 4.78 is 41.6. The third kappa shape index (κ3) is 5.51. The molecule has 0 bridgehead atoms. The molecule has 1 heterocycles. The van der Waals surface area contributed by atoms with Gasteiger partial charge in [-0.3, -0.25) is 19.3 Å². The van der Waals surface area contributed by atoms with E-state index in [-0.39, 0.29) is 55.1 Å². The van der Waals surface area contributed by atoms with E-state index in [4.69, 9.17) is 11.6 Å². The van der Waals surface area contributed by atoms with Gasteiger partial charge in [0.15, 0.2) is 0 Å². The molecule has 2 atom stereocenters. The molecule has 4 rings (SSSR count). The minimum atomic E-state index is -2.77. The molecule has 1 aliphatic carbocycles. The smallest absolute Gasteiger partial charge is 0.250 e. The van der Waals surface area contributed by atoms with Crippen molar-refractivity contribution in [3.05, 3.63) is 64.9 Å².